The van der Waals surface area contributed by atoms with E-state index >= 15 is 0 Å². The molecule has 56 heavy (non-hydrogen) atoms. The zero-order valence-corrected chi connectivity index (χ0v) is 34.0. The summed E-state index contributed by atoms with van der Waals surface area (Å²) in [7, 11) is 1.31. The van der Waals surface area contributed by atoms with Crippen molar-refractivity contribution in [1.82, 2.24) is 15.6 Å². The second kappa shape index (κ2) is 19.0. The fourth-order valence-corrected chi connectivity index (χ4v) is 6.74. The topological polar surface area (TPSA) is 117 Å². The summed E-state index contributed by atoms with van der Waals surface area (Å²) in [6, 6.07) is 24.8. The van der Waals surface area contributed by atoms with Gasteiger partial charge in [0.2, 0.25) is 5.91 Å². The summed E-state index contributed by atoms with van der Waals surface area (Å²) in [5.74, 6) is 2.50. The van der Waals surface area contributed by atoms with Crippen molar-refractivity contribution in [2.45, 2.75) is 58.0 Å². The van der Waals surface area contributed by atoms with Gasteiger partial charge in [-0.1, -0.05) is 53.5 Å². The number of aromatic nitrogens is 1. The van der Waals surface area contributed by atoms with Crippen LogP contribution >= 0.6 is 48.0 Å². The van der Waals surface area contributed by atoms with Gasteiger partial charge in [-0.25, -0.2) is 4.79 Å². The van der Waals surface area contributed by atoms with Gasteiger partial charge in [-0.2, -0.15) is 0 Å². The maximum Gasteiger partial charge on any atom is 0.328 e. The Bertz CT molecular complexity index is 2190. The van der Waals surface area contributed by atoms with E-state index in [1.54, 1.807) is 18.3 Å². The number of nitrogens with one attached hydrogen (secondary N) is 2. The molecule has 294 valence electrons. The minimum Gasteiger partial charge on any atom is -0.489 e. The van der Waals surface area contributed by atoms with Gasteiger partial charge in [-0.15, -0.1) is 24.8 Å². The van der Waals surface area contributed by atoms with Crippen molar-refractivity contribution in [2.24, 2.45) is 0 Å². The zero-order chi connectivity index (χ0) is 37.8. The Morgan fingerprint density at radius 3 is 2.45 bits per heavy atom. The fourth-order valence-electron chi connectivity index (χ4n) is 6.42. The number of halogens is 4. The SMILES string of the molecule is COC(=O)C(Cc1ccc(Oc2ccnc(C)c2C)cc1)NC(=O)[C@@H]1Cc2cc3c(cc2CN1)O[C@@H](c1cccc(OCc2ccc(Cl)c(Cl)c2)c1)CO3.Cl.Cl. The van der Waals surface area contributed by atoms with Crippen LogP contribution in [0.5, 0.6) is 28.7 Å². The number of ether oxygens (including phenoxy) is 5. The van der Waals surface area contributed by atoms with Crippen molar-refractivity contribution >= 4 is 59.9 Å². The number of methoxy groups -OCH3 is 1. The molecule has 10 nitrogen and oxygen atoms in total. The van der Waals surface area contributed by atoms with Gasteiger partial charge in [0.1, 0.15) is 36.5 Å². The number of pyridine rings is 1. The monoisotopic (exact) mass is 839 g/mol. The summed E-state index contributed by atoms with van der Waals surface area (Å²) in [5, 5.41) is 7.20. The maximum atomic E-state index is 13.5. The second-order valence-corrected chi connectivity index (χ2v) is 14.1. The first-order valence-corrected chi connectivity index (χ1v) is 18.3. The number of benzene rings is 4. The Balaban J connectivity index is 0.00000300. The standard InChI is InChI=1S/C42H39Cl2N3O7.2ClH/c1-24-25(2)45-14-13-37(24)53-31-10-7-26(8-11-31)16-36(42(49)50-3)47-41(48)35-18-29-19-38-39(20-30(29)21-46-35)54-40(23-52-38)28-5-4-6-32(17-28)51-22-27-9-12-33(43)34(44)15-27;;/h4-15,17,19-20,35-36,40,46H,16,18,21-23H2,1-3H3,(H,47,48);2*1H/t35-,36?,40+;;/m0../s1. The van der Waals surface area contributed by atoms with E-state index in [1.165, 1.54) is 7.11 Å². The van der Waals surface area contributed by atoms with E-state index in [0.29, 0.717) is 59.2 Å². The van der Waals surface area contributed by atoms with E-state index < -0.39 is 18.1 Å². The van der Waals surface area contributed by atoms with Crippen molar-refractivity contribution in [3.05, 3.63) is 140 Å². The normalized spacial score (nSPS) is 15.9. The molecule has 3 heterocycles. The number of nitrogens with zero attached hydrogens (tertiary/aromatic N) is 1. The average molecular weight is 842 g/mol. The molecule has 1 amide bonds. The van der Waals surface area contributed by atoms with Crippen LogP contribution in [-0.2, 0) is 40.3 Å². The number of hydrogen-bond acceptors (Lipinski definition) is 9. The molecule has 7 rings (SSSR count). The minimum atomic E-state index is -0.875. The first kappa shape index (κ1) is 42.4. The molecule has 0 radical (unpaired) electrons. The second-order valence-electron chi connectivity index (χ2n) is 13.3. The molecule has 0 spiro atoms. The van der Waals surface area contributed by atoms with Crippen molar-refractivity contribution < 1.29 is 33.3 Å². The third-order valence-corrected chi connectivity index (χ3v) is 10.4. The van der Waals surface area contributed by atoms with Crippen LogP contribution in [0.4, 0.5) is 0 Å². The van der Waals surface area contributed by atoms with E-state index in [2.05, 4.69) is 15.6 Å². The van der Waals surface area contributed by atoms with Crippen LogP contribution in [0.3, 0.4) is 0 Å². The summed E-state index contributed by atoms with van der Waals surface area (Å²) >= 11 is 12.2. The lowest BCUT2D eigenvalue weighted by Crippen LogP contribution is -2.53. The highest BCUT2D eigenvalue weighted by Gasteiger charge is 2.31. The van der Waals surface area contributed by atoms with Crippen LogP contribution < -0.4 is 29.6 Å². The van der Waals surface area contributed by atoms with Gasteiger partial charge in [0.25, 0.3) is 0 Å². The van der Waals surface area contributed by atoms with Gasteiger partial charge >= 0.3 is 5.97 Å². The molecule has 0 bridgehead atoms. The van der Waals surface area contributed by atoms with Crippen LogP contribution in [0.1, 0.15) is 45.2 Å². The van der Waals surface area contributed by atoms with Gasteiger partial charge in [0.15, 0.2) is 17.6 Å². The van der Waals surface area contributed by atoms with Crippen LogP contribution in [0.25, 0.3) is 0 Å². The number of carbonyl (C=O) groups excluding carboxylic acids is 2. The minimum absolute atomic E-state index is 0. The van der Waals surface area contributed by atoms with Gasteiger partial charge in [0, 0.05) is 30.4 Å². The highest BCUT2D eigenvalue weighted by atomic mass is 35.5. The highest BCUT2D eigenvalue weighted by Crippen LogP contribution is 2.40. The van der Waals surface area contributed by atoms with E-state index in [9.17, 15) is 9.59 Å². The molecule has 2 N–H and O–H groups in total. The largest absolute Gasteiger partial charge is 0.489 e. The predicted molar refractivity (Wildman–Crippen MR) is 219 cm³/mol. The molecule has 1 aromatic heterocycles. The van der Waals surface area contributed by atoms with Crippen molar-refractivity contribution in [1.29, 1.82) is 0 Å². The number of hydrogen-bond donors (Lipinski definition) is 2. The molecule has 2 aliphatic rings. The zero-order valence-electron chi connectivity index (χ0n) is 30.8. The predicted octanol–water partition coefficient (Wildman–Crippen LogP) is 8.65. The highest BCUT2D eigenvalue weighted by molar-refractivity contribution is 6.42. The van der Waals surface area contributed by atoms with Crippen LogP contribution in [-0.4, -0.2) is 42.7 Å². The van der Waals surface area contributed by atoms with Crippen molar-refractivity contribution in [2.75, 3.05) is 13.7 Å². The lowest BCUT2D eigenvalue weighted by atomic mass is 9.94. The Morgan fingerprint density at radius 2 is 1.68 bits per heavy atom. The van der Waals surface area contributed by atoms with E-state index in [4.69, 9.17) is 46.9 Å². The summed E-state index contributed by atoms with van der Waals surface area (Å²) < 4.78 is 29.7. The average Bonchev–Trinajstić information content (AvgIpc) is 3.19. The molecule has 0 saturated carbocycles. The molecule has 14 heteroatoms. The van der Waals surface area contributed by atoms with Crippen LogP contribution in [0.15, 0.2) is 91.1 Å². The number of aryl methyl sites for hydroxylation is 1. The number of rotatable bonds is 11. The molecule has 5 aromatic rings. The van der Waals surface area contributed by atoms with Crippen LogP contribution in [0.2, 0.25) is 10.0 Å². The van der Waals surface area contributed by atoms with Gasteiger partial charge in [-0.3, -0.25) is 9.78 Å². The maximum absolute atomic E-state index is 13.5. The Hall–Kier alpha value is -4.71. The molecule has 1 unspecified atom stereocenters. The Kier molecular flexibility index (Phi) is 14.4. The summed E-state index contributed by atoms with van der Waals surface area (Å²) in [4.78, 5) is 30.6. The first-order valence-electron chi connectivity index (χ1n) is 17.6. The molecular formula is C42H41Cl4N3O7. The molecule has 3 atom stereocenters. The number of esters is 1. The Morgan fingerprint density at radius 1 is 0.911 bits per heavy atom. The molecule has 2 aliphatic heterocycles. The van der Waals surface area contributed by atoms with Gasteiger partial charge in [-0.05, 0) is 103 Å². The van der Waals surface area contributed by atoms with E-state index in [1.807, 2.05) is 86.6 Å². The molecule has 4 aromatic carbocycles. The number of carbonyl (C=O) groups is 2. The summed E-state index contributed by atoms with van der Waals surface area (Å²) in [6.45, 7) is 4.97. The quantitative estimate of drug-likeness (QED) is 0.126. The van der Waals surface area contributed by atoms with Gasteiger partial charge in [0.05, 0.1) is 23.2 Å². The lowest BCUT2D eigenvalue weighted by Gasteiger charge is -2.31. The van der Waals surface area contributed by atoms with Gasteiger partial charge < -0.3 is 34.3 Å². The smallest absolute Gasteiger partial charge is 0.328 e. The van der Waals surface area contributed by atoms with Crippen molar-refractivity contribution in [3.63, 3.8) is 0 Å². The lowest BCUT2D eigenvalue weighted by molar-refractivity contribution is -0.145. The van der Waals surface area contributed by atoms with E-state index in [-0.39, 0.29) is 43.2 Å². The molecule has 0 fully saturated rings. The van der Waals surface area contributed by atoms with E-state index in [0.717, 1.165) is 44.8 Å². The first-order chi connectivity index (χ1) is 26.1. The number of amides is 1. The number of fused-ring (bicyclic) bond motifs is 2. The molecule has 0 aliphatic carbocycles. The fraction of sp³-hybridized carbons (Fsp3) is 0.262. The molecule has 0 saturated heterocycles. The molecular weight excluding hydrogens is 800 g/mol. The Labute approximate surface area is 348 Å². The van der Waals surface area contributed by atoms with Crippen molar-refractivity contribution in [3.8, 4) is 28.7 Å². The van der Waals surface area contributed by atoms with Crippen LogP contribution in [0, 0.1) is 13.8 Å². The summed E-state index contributed by atoms with van der Waals surface area (Å²) in [5.41, 5.74) is 6.50. The third-order valence-electron chi connectivity index (χ3n) is 9.62. The third kappa shape index (κ3) is 9.99. The summed E-state index contributed by atoms with van der Waals surface area (Å²) in [6.07, 6.45) is 2.03.